The first-order valence-corrected chi connectivity index (χ1v) is 4.51. The van der Waals surface area contributed by atoms with Crippen molar-refractivity contribution < 1.29 is 4.39 Å². The number of nitrogens with two attached hydrogens (primary N) is 1. The Hall–Kier alpha value is -1.91. The fraction of sp³-hybridized carbons (Fsp3) is 0.200. The van der Waals surface area contributed by atoms with Gasteiger partial charge in [-0.15, -0.1) is 5.10 Å². The maximum Gasteiger partial charge on any atom is 0.218 e. The number of aryl methyl sites for hydroxylation is 2. The quantitative estimate of drug-likeness (QED) is 0.769. The normalized spacial score (nSPS) is 10.6. The summed E-state index contributed by atoms with van der Waals surface area (Å²) in [5.74, 6) is 0.460. The summed E-state index contributed by atoms with van der Waals surface area (Å²) < 4.78 is 14.5. The standard InChI is InChI=1S/C10H11FN4/c1-6-3-4-7(11)5-8(6)9-13-10(12)15(2)14-9/h3-5H,1-2H3,(H2,12,13,14). The van der Waals surface area contributed by atoms with E-state index in [0.717, 1.165) is 5.56 Å². The molecule has 0 aliphatic rings. The van der Waals surface area contributed by atoms with Crippen molar-refractivity contribution in [1.29, 1.82) is 0 Å². The lowest BCUT2D eigenvalue weighted by Crippen LogP contribution is -1.97. The lowest BCUT2D eigenvalue weighted by molar-refractivity contribution is 0.627. The first-order valence-electron chi connectivity index (χ1n) is 4.51. The largest absolute Gasteiger partial charge is 0.368 e. The first kappa shape index (κ1) is 9.64. The van der Waals surface area contributed by atoms with Gasteiger partial charge in [0, 0.05) is 12.6 Å². The lowest BCUT2D eigenvalue weighted by atomic mass is 10.1. The van der Waals surface area contributed by atoms with Crippen LogP contribution in [0.5, 0.6) is 0 Å². The molecule has 0 atom stereocenters. The highest BCUT2D eigenvalue weighted by Crippen LogP contribution is 2.21. The van der Waals surface area contributed by atoms with Crippen molar-refractivity contribution in [3.63, 3.8) is 0 Å². The van der Waals surface area contributed by atoms with E-state index in [1.807, 2.05) is 6.92 Å². The summed E-state index contributed by atoms with van der Waals surface area (Å²) in [5.41, 5.74) is 7.15. The van der Waals surface area contributed by atoms with Gasteiger partial charge in [-0.3, -0.25) is 0 Å². The number of hydrogen-bond acceptors (Lipinski definition) is 3. The zero-order valence-electron chi connectivity index (χ0n) is 8.53. The molecule has 78 valence electrons. The van der Waals surface area contributed by atoms with Crippen LogP contribution in [0.2, 0.25) is 0 Å². The van der Waals surface area contributed by atoms with Gasteiger partial charge < -0.3 is 5.73 Å². The number of nitrogens with zero attached hydrogens (tertiary/aromatic N) is 3. The third-order valence-electron chi connectivity index (χ3n) is 2.24. The third-order valence-corrected chi connectivity index (χ3v) is 2.24. The van der Waals surface area contributed by atoms with Crippen LogP contribution in [0.25, 0.3) is 11.4 Å². The van der Waals surface area contributed by atoms with Gasteiger partial charge in [0.05, 0.1) is 0 Å². The van der Waals surface area contributed by atoms with E-state index in [1.54, 1.807) is 13.1 Å². The van der Waals surface area contributed by atoms with Crippen LogP contribution in [-0.4, -0.2) is 14.8 Å². The molecule has 0 bridgehead atoms. The van der Waals surface area contributed by atoms with Gasteiger partial charge in [-0.1, -0.05) is 6.07 Å². The van der Waals surface area contributed by atoms with Gasteiger partial charge in [-0.2, -0.15) is 4.98 Å². The maximum absolute atomic E-state index is 13.0. The van der Waals surface area contributed by atoms with E-state index in [1.165, 1.54) is 16.8 Å². The molecule has 2 N–H and O–H groups in total. The summed E-state index contributed by atoms with van der Waals surface area (Å²) in [6.45, 7) is 1.88. The molecule has 0 spiro atoms. The summed E-state index contributed by atoms with van der Waals surface area (Å²) >= 11 is 0. The molecule has 0 saturated carbocycles. The molecule has 4 nitrogen and oxygen atoms in total. The smallest absolute Gasteiger partial charge is 0.218 e. The van der Waals surface area contributed by atoms with Crippen LogP contribution in [-0.2, 0) is 7.05 Å². The predicted molar refractivity (Wildman–Crippen MR) is 55.5 cm³/mol. The van der Waals surface area contributed by atoms with E-state index >= 15 is 0 Å². The van der Waals surface area contributed by atoms with Gasteiger partial charge in [0.15, 0.2) is 5.82 Å². The second-order valence-corrected chi connectivity index (χ2v) is 3.38. The molecular formula is C10H11FN4. The number of anilines is 1. The van der Waals surface area contributed by atoms with Crippen LogP contribution in [0.15, 0.2) is 18.2 Å². The fourth-order valence-electron chi connectivity index (χ4n) is 1.35. The van der Waals surface area contributed by atoms with Gasteiger partial charge in [0.1, 0.15) is 5.82 Å². The second-order valence-electron chi connectivity index (χ2n) is 3.38. The number of nitrogen functional groups attached to an aromatic ring is 1. The molecule has 0 aliphatic heterocycles. The van der Waals surface area contributed by atoms with Crippen LogP contribution in [0, 0.1) is 12.7 Å². The van der Waals surface area contributed by atoms with Crippen molar-refractivity contribution in [3.05, 3.63) is 29.6 Å². The van der Waals surface area contributed by atoms with Gasteiger partial charge >= 0.3 is 0 Å². The maximum atomic E-state index is 13.0. The summed E-state index contributed by atoms with van der Waals surface area (Å²) in [6, 6.07) is 4.51. The number of halogens is 1. The number of hydrogen-bond donors (Lipinski definition) is 1. The Labute approximate surface area is 86.6 Å². The highest BCUT2D eigenvalue weighted by atomic mass is 19.1. The minimum atomic E-state index is -0.304. The van der Waals surface area contributed by atoms with Crippen LogP contribution in [0.3, 0.4) is 0 Å². The minimum Gasteiger partial charge on any atom is -0.368 e. The van der Waals surface area contributed by atoms with Crippen LogP contribution < -0.4 is 5.73 Å². The van der Waals surface area contributed by atoms with Crippen molar-refractivity contribution in [2.45, 2.75) is 6.92 Å². The Bertz CT molecular complexity index is 485. The van der Waals surface area contributed by atoms with E-state index in [9.17, 15) is 4.39 Å². The molecule has 0 amide bonds. The highest BCUT2D eigenvalue weighted by molar-refractivity contribution is 5.60. The fourth-order valence-corrected chi connectivity index (χ4v) is 1.35. The second kappa shape index (κ2) is 3.34. The first-order chi connectivity index (χ1) is 7.08. The van der Waals surface area contributed by atoms with Crippen molar-refractivity contribution in [1.82, 2.24) is 14.8 Å². The van der Waals surface area contributed by atoms with Gasteiger partial charge in [0.25, 0.3) is 0 Å². The zero-order valence-corrected chi connectivity index (χ0v) is 8.53. The molecule has 0 unspecified atom stereocenters. The number of aromatic nitrogens is 3. The van der Waals surface area contributed by atoms with Gasteiger partial charge in [-0.05, 0) is 24.6 Å². The molecule has 0 aliphatic carbocycles. The molecule has 2 rings (SSSR count). The molecule has 1 aromatic carbocycles. The third kappa shape index (κ3) is 1.68. The van der Waals surface area contributed by atoms with E-state index in [2.05, 4.69) is 10.1 Å². The Morgan fingerprint density at radius 2 is 2.13 bits per heavy atom. The number of rotatable bonds is 1. The lowest BCUT2D eigenvalue weighted by Gasteiger charge is -2.00. The topological polar surface area (TPSA) is 56.7 Å². The highest BCUT2D eigenvalue weighted by Gasteiger charge is 2.10. The van der Waals surface area contributed by atoms with E-state index < -0.39 is 0 Å². The minimum absolute atomic E-state index is 0.304. The average Bonchev–Trinajstić information content (AvgIpc) is 2.51. The Kier molecular flexibility index (Phi) is 2.15. The Morgan fingerprint density at radius 1 is 1.40 bits per heavy atom. The Morgan fingerprint density at radius 3 is 2.73 bits per heavy atom. The van der Waals surface area contributed by atoms with Crippen molar-refractivity contribution in [2.24, 2.45) is 7.05 Å². The molecule has 0 fully saturated rings. The average molecular weight is 206 g/mol. The molecule has 2 aromatic rings. The Balaban J connectivity index is 2.58. The molecule has 15 heavy (non-hydrogen) atoms. The van der Waals surface area contributed by atoms with Gasteiger partial charge in [-0.25, -0.2) is 9.07 Å². The van der Waals surface area contributed by atoms with Crippen molar-refractivity contribution in [3.8, 4) is 11.4 Å². The molecular weight excluding hydrogens is 195 g/mol. The van der Waals surface area contributed by atoms with Crippen LogP contribution in [0.1, 0.15) is 5.56 Å². The van der Waals surface area contributed by atoms with Crippen molar-refractivity contribution >= 4 is 5.95 Å². The van der Waals surface area contributed by atoms with E-state index in [-0.39, 0.29) is 5.82 Å². The molecule has 1 aromatic heterocycles. The predicted octanol–water partition coefficient (Wildman–Crippen LogP) is 1.51. The van der Waals surface area contributed by atoms with Crippen molar-refractivity contribution in [2.75, 3.05) is 5.73 Å². The molecule has 0 radical (unpaired) electrons. The molecule has 0 saturated heterocycles. The van der Waals surface area contributed by atoms with E-state index in [4.69, 9.17) is 5.73 Å². The van der Waals surface area contributed by atoms with E-state index in [0.29, 0.717) is 17.3 Å². The summed E-state index contributed by atoms with van der Waals surface area (Å²) in [6.07, 6.45) is 0. The molecule has 5 heteroatoms. The van der Waals surface area contributed by atoms with Crippen LogP contribution >= 0.6 is 0 Å². The SMILES string of the molecule is Cc1ccc(F)cc1-c1nc(N)n(C)n1. The zero-order chi connectivity index (χ0) is 11.0. The summed E-state index contributed by atoms with van der Waals surface area (Å²) in [7, 11) is 1.69. The monoisotopic (exact) mass is 206 g/mol. The van der Waals surface area contributed by atoms with Gasteiger partial charge in [0.2, 0.25) is 5.95 Å². The summed E-state index contributed by atoms with van der Waals surface area (Å²) in [4.78, 5) is 4.05. The summed E-state index contributed by atoms with van der Waals surface area (Å²) in [5, 5.41) is 4.10. The van der Waals surface area contributed by atoms with Crippen LogP contribution in [0.4, 0.5) is 10.3 Å². The molecule has 1 heterocycles. The number of benzene rings is 1.